The highest BCUT2D eigenvalue weighted by Gasteiger charge is 2.36. The molecule has 1 heterocycles. The number of aliphatic hydroxyl groups excluding tert-OH is 1. The van der Waals surface area contributed by atoms with Crippen molar-refractivity contribution in [3.05, 3.63) is 65.2 Å². The van der Waals surface area contributed by atoms with Crippen LogP contribution in [0.4, 0.5) is 13.2 Å². The number of likely N-dealkylation sites (tertiary alicyclic amines) is 1. The molecule has 0 unspecified atom stereocenters. The van der Waals surface area contributed by atoms with E-state index in [1.165, 1.54) is 55.4 Å². The Bertz CT molecular complexity index is 1200. The van der Waals surface area contributed by atoms with Gasteiger partial charge in [0.15, 0.2) is 0 Å². The van der Waals surface area contributed by atoms with Crippen LogP contribution in [-0.4, -0.2) is 67.8 Å². The number of aliphatic hydroxyl groups is 1. The van der Waals surface area contributed by atoms with E-state index in [-0.39, 0.29) is 30.0 Å². The molecule has 0 bridgehead atoms. The molecule has 3 rings (SSSR count). The van der Waals surface area contributed by atoms with Crippen LogP contribution in [-0.2, 0) is 21.0 Å². The molecule has 12 heteroatoms. The molecule has 0 saturated carbocycles. The van der Waals surface area contributed by atoms with E-state index in [2.05, 4.69) is 5.32 Å². The summed E-state index contributed by atoms with van der Waals surface area (Å²) in [4.78, 5) is 27.6. The Morgan fingerprint density at radius 2 is 1.83 bits per heavy atom. The molecule has 196 valence electrons. The molecule has 1 aliphatic heterocycles. The summed E-state index contributed by atoms with van der Waals surface area (Å²) in [6.07, 6.45) is -3.51. The zero-order chi connectivity index (χ0) is 26.7. The molecule has 0 spiro atoms. The predicted molar refractivity (Wildman–Crippen MR) is 125 cm³/mol. The molecule has 2 aromatic rings. The summed E-state index contributed by atoms with van der Waals surface area (Å²) in [5, 5.41) is 12.2. The maximum Gasteiger partial charge on any atom is 0.416 e. The molecular weight excluding hydrogens is 499 g/mol. The fourth-order valence-corrected chi connectivity index (χ4v) is 5.02. The smallest absolute Gasteiger partial charge is 0.396 e. The molecule has 1 aliphatic rings. The Morgan fingerprint density at radius 1 is 1.17 bits per heavy atom. The average molecular weight is 528 g/mol. The van der Waals surface area contributed by atoms with Gasteiger partial charge in [0, 0.05) is 32.8 Å². The van der Waals surface area contributed by atoms with Gasteiger partial charge in [-0.2, -0.15) is 13.2 Å². The van der Waals surface area contributed by atoms with Crippen LogP contribution in [0.5, 0.6) is 0 Å². The van der Waals surface area contributed by atoms with Gasteiger partial charge in [-0.3, -0.25) is 9.59 Å². The second-order valence-electron chi connectivity index (χ2n) is 8.67. The van der Waals surface area contributed by atoms with E-state index in [9.17, 15) is 36.3 Å². The van der Waals surface area contributed by atoms with Crippen LogP contribution < -0.4 is 5.32 Å². The summed E-state index contributed by atoms with van der Waals surface area (Å²) in [5.74, 6) is -1.01. The van der Waals surface area contributed by atoms with Crippen LogP contribution in [0.3, 0.4) is 0 Å². The molecule has 0 aromatic heterocycles. The molecule has 0 aliphatic carbocycles. The lowest BCUT2D eigenvalue weighted by atomic mass is 10.0. The quantitative estimate of drug-likeness (QED) is 0.549. The SMILES string of the molecule is CN(C)S(=O)(=O)c1cccc(C(=O)N2CCC[C@@H]2C(=O)N[C@H](CCO)c2ccc(C(F)(F)F)cc2)c1. The Balaban J connectivity index is 1.79. The number of nitrogens with zero attached hydrogens (tertiary/aromatic N) is 2. The van der Waals surface area contributed by atoms with Gasteiger partial charge in [0.05, 0.1) is 16.5 Å². The number of hydrogen-bond donors (Lipinski definition) is 2. The van der Waals surface area contributed by atoms with E-state index in [1.54, 1.807) is 0 Å². The van der Waals surface area contributed by atoms with Crippen molar-refractivity contribution < 1.29 is 36.3 Å². The molecule has 8 nitrogen and oxygen atoms in total. The highest BCUT2D eigenvalue weighted by atomic mass is 32.2. The van der Waals surface area contributed by atoms with E-state index < -0.39 is 45.7 Å². The summed E-state index contributed by atoms with van der Waals surface area (Å²) >= 11 is 0. The van der Waals surface area contributed by atoms with Crippen molar-refractivity contribution in [2.24, 2.45) is 0 Å². The maximum atomic E-state index is 13.2. The highest BCUT2D eigenvalue weighted by Crippen LogP contribution is 2.31. The number of nitrogens with one attached hydrogen (secondary N) is 1. The number of benzene rings is 2. The second kappa shape index (κ2) is 11.0. The van der Waals surface area contributed by atoms with E-state index in [0.717, 1.165) is 16.4 Å². The van der Waals surface area contributed by atoms with Gasteiger partial charge in [-0.05, 0) is 55.2 Å². The van der Waals surface area contributed by atoms with Gasteiger partial charge in [-0.25, -0.2) is 12.7 Å². The van der Waals surface area contributed by atoms with Gasteiger partial charge in [0.2, 0.25) is 15.9 Å². The normalized spacial score (nSPS) is 17.3. The van der Waals surface area contributed by atoms with Crippen LogP contribution in [0.2, 0.25) is 0 Å². The Morgan fingerprint density at radius 3 is 2.42 bits per heavy atom. The van der Waals surface area contributed by atoms with Gasteiger partial charge in [-0.15, -0.1) is 0 Å². The third kappa shape index (κ3) is 6.05. The number of sulfonamides is 1. The van der Waals surface area contributed by atoms with E-state index in [1.807, 2.05) is 0 Å². The number of hydrogen-bond acceptors (Lipinski definition) is 5. The van der Waals surface area contributed by atoms with E-state index >= 15 is 0 Å². The molecule has 36 heavy (non-hydrogen) atoms. The Hall–Kier alpha value is -2.96. The summed E-state index contributed by atoms with van der Waals surface area (Å²) < 4.78 is 64.6. The maximum absolute atomic E-state index is 13.2. The van der Waals surface area contributed by atoms with E-state index in [0.29, 0.717) is 18.4 Å². The zero-order valence-electron chi connectivity index (χ0n) is 19.8. The molecule has 2 amide bonds. The van der Waals surface area contributed by atoms with Gasteiger partial charge >= 0.3 is 6.18 Å². The monoisotopic (exact) mass is 527 g/mol. The van der Waals surface area contributed by atoms with Crippen LogP contribution in [0.15, 0.2) is 53.4 Å². The number of amides is 2. The van der Waals surface area contributed by atoms with Crippen LogP contribution >= 0.6 is 0 Å². The van der Waals surface area contributed by atoms with Crippen molar-refractivity contribution in [3.8, 4) is 0 Å². The first-order chi connectivity index (χ1) is 16.9. The van der Waals surface area contributed by atoms with Gasteiger partial charge < -0.3 is 15.3 Å². The minimum absolute atomic E-state index is 0.0520. The highest BCUT2D eigenvalue weighted by molar-refractivity contribution is 7.89. The van der Waals surface area contributed by atoms with Crippen LogP contribution in [0.25, 0.3) is 0 Å². The van der Waals surface area contributed by atoms with Crippen LogP contribution in [0, 0.1) is 0 Å². The topological polar surface area (TPSA) is 107 Å². The molecule has 2 atom stereocenters. The molecule has 1 saturated heterocycles. The van der Waals surface area contributed by atoms with Gasteiger partial charge in [-0.1, -0.05) is 18.2 Å². The lowest BCUT2D eigenvalue weighted by Gasteiger charge is -2.27. The fourth-order valence-electron chi connectivity index (χ4n) is 4.07. The fraction of sp³-hybridized carbons (Fsp3) is 0.417. The summed E-state index contributed by atoms with van der Waals surface area (Å²) in [5.41, 5.74) is -0.318. The van der Waals surface area contributed by atoms with Crippen molar-refractivity contribution in [2.45, 2.75) is 42.4 Å². The average Bonchev–Trinajstić information content (AvgIpc) is 3.33. The van der Waals surface area contributed by atoms with E-state index in [4.69, 9.17) is 0 Å². The summed E-state index contributed by atoms with van der Waals surface area (Å²) in [7, 11) is -1.00. The van der Waals surface area contributed by atoms with Crippen LogP contribution in [0.1, 0.15) is 46.8 Å². The van der Waals surface area contributed by atoms with Crippen molar-refractivity contribution in [1.29, 1.82) is 0 Å². The van der Waals surface area contributed by atoms with Crippen molar-refractivity contribution in [3.63, 3.8) is 0 Å². The molecular formula is C24H28F3N3O5S. The van der Waals surface area contributed by atoms with Crippen molar-refractivity contribution in [2.75, 3.05) is 27.2 Å². The molecule has 2 aromatic carbocycles. The number of halogens is 3. The number of rotatable bonds is 8. The lowest BCUT2D eigenvalue weighted by molar-refractivity contribution is -0.137. The first kappa shape index (κ1) is 27.6. The summed E-state index contributed by atoms with van der Waals surface area (Å²) in [6.45, 7) is -0.0288. The van der Waals surface area contributed by atoms with Crippen molar-refractivity contribution >= 4 is 21.8 Å². The number of alkyl halides is 3. The largest absolute Gasteiger partial charge is 0.416 e. The number of carbonyl (C=O) groups excluding carboxylic acids is 2. The molecule has 2 N–H and O–H groups in total. The first-order valence-corrected chi connectivity index (χ1v) is 12.7. The predicted octanol–water partition coefficient (Wildman–Crippen LogP) is 2.80. The Labute approximate surface area is 207 Å². The number of carbonyl (C=O) groups is 2. The summed E-state index contributed by atoms with van der Waals surface area (Å²) in [6, 6.07) is 8.29. The first-order valence-electron chi connectivity index (χ1n) is 11.3. The molecule has 0 radical (unpaired) electrons. The minimum atomic E-state index is -4.50. The van der Waals surface area contributed by atoms with Gasteiger partial charge in [0.25, 0.3) is 5.91 Å². The van der Waals surface area contributed by atoms with Gasteiger partial charge in [0.1, 0.15) is 6.04 Å². The van der Waals surface area contributed by atoms with Crippen molar-refractivity contribution in [1.82, 2.24) is 14.5 Å². The molecule has 1 fully saturated rings. The minimum Gasteiger partial charge on any atom is -0.396 e. The Kier molecular flexibility index (Phi) is 8.42. The lowest BCUT2D eigenvalue weighted by Crippen LogP contribution is -2.47. The second-order valence-corrected chi connectivity index (χ2v) is 10.8. The standard InChI is InChI=1S/C24H28F3N3O5S/c1-29(2)36(34,35)19-6-3-5-17(15-19)23(33)30-13-4-7-21(30)22(32)28-20(12-14-31)16-8-10-18(11-9-16)24(25,26)27/h3,5-6,8-11,15,20-21,31H,4,7,12-14H2,1-2H3,(H,28,32)/t20-,21-/m1/s1. The third-order valence-electron chi connectivity index (χ3n) is 6.05. The zero-order valence-corrected chi connectivity index (χ0v) is 20.6. The third-order valence-corrected chi connectivity index (χ3v) is 7.86.